The van der Waals surface area contributed by atoms with E-state index in [1.54, 1.807) is 0 Å². The number of thioether (sulfide) groups is 1. The molecular weight excluding hydrogens is 506 g/mol. The van der Waals surface area contributed by atoms with Crippen LogP contribution >= 0.6 is 11.8 Å². The van der Waals surface area contributed by atoms with Gasteiger partial charge in [0.2, 0.25) is 11.8 Å². The maximum Gasteiger partial charge on any atom is 0.397 e. The van der Waals surface area contributed by atoms with E-state index in [0.717, 1.165) is 11.8 Å². The first-order valence-corrected chi connectivity index (χ1v) is 12.3. The van der Waals surface area contributed by atoms with Gasteiger partial charge in [0.1, 0.15) is 12.3 Å². The van der Waals surface area contributed by atoms with Gasteiger partial charge in [-0.3, -0.25) is 24.3 Å². The minimum absolute atomic E-state index is 0.0327. The zero-order valence-corrected chi connectivity index (χ0v) is 20.1. The fraction of sp³-hybridized carbons (Fsp3) is 0.350. The van der Waals surface area contributed by atoms with Crippen molar-refractivity contribution in [3.63, 3.8) is 0 Å². The van der Waals surface area contributed by atoms with Crippen LogP contribution in [0, 0.1) is 16.0 Å². The average molecular weight is 528 g/mol. The Kier molecular flexibility index (Phi) is 7.94. The summed E-state index contributed by atoms with van der Waals surface area (Å²) >= 11 is 1.07. The molecule has 2 aliphatic heterocycles. The molecule has 188 valence electrons. The molecule has 1 aromatic carbocycles. The molecule has 2 N–H and O–H groups in total. The number of rotatable bonds is 10. The van der Waals surface area contributed by atoms with Gasteiger partial charge in [-0.15, -0.1) is 0 Å². The molecule has 0 unspecified atom stereocenters. The van der Waals surface area contributed by atoms with Crippen LogP contribution < -0.4 is 5.32 Å². The summed E-state index contributed by atoms with van der Waals surface area (Å²) in [5.74, 6) is -2.63. The van der Waals surface area contributed by atoms with Gasteiger partial charge in [-0.2, -0.15) is 8.42 Å². The molecule has 0 aromatic heterocycles. The van der Waals surface area contributed by atoms with Gasteiger partial charge in [0.05, 0.1) is 23.0 Å². The third kappa shape index (κ3) is 6.25. The van der Waals surface area contributed by atoms with Crippen molar-refractivity contribution in [2.45, 2.75) is 39.0 Å². The zero-order chi connectivity index (χ0) is 25.9. The summed E-state index contributed by atoms with van der Waals surface area (Å²) in [5, 5.41) is 14.7. The van der Waals surface area contributed by atoms with Crippen molar-refractivity contribution in [1.82, 2.24) is 10.2 Å². The second kappa shape index (κ2) is 10.6. The van der Waals surface area contributed by atoms with E-state index in [4.69, 9.17) is 9.29 Å². The molecule has 1 aromatic rings. The molecule has 0 aliphatic carbocycles. The molecular formula is C20H21N3O10S2. The first-order chi connectivity index (χ1) is 16.4. The van der Waals surface area contributed by atoms with Gasteiger partial charge in [0.15, 0.2) is 0 Å². The van der Waals surface area contributed by atoms with Crippen LogP contribution in [0.3, 0.4) is 0 Å². The molecule has 0 bridgehead atoms. The van der Waals surface area contributed by atoms with Crippen LogP contribution in [0.1, 0.15) is 25.8 Å². The fourth-order valence-corrected chi connectivity index (χ4v) is 5.13. The number of carbonyl (C=O) groups is 3. The van der Waals surface area contributed by atoms with Crippen LogP contribution in [0.15, 0.2) is 46.5 Å². The van der Waals surface area contributed by atoms with Crippen LogP contribution in [0.5, 0.6) is 0 Å². The predicted octanol–water partition coefficient (Wildman–Crippen LogP) is 1.63. The predicted molar refractivity (Wildman–Crippen MR) is 121 cm³/mol. The molecule has 2 heterocycles. The number of hydrogen-bond donors (Lipinski definition) is 2. The van der Waals surface area contributed by atoms with Gasteiger partial charge >= 0.3 is 16.4 Å². The topological polar surface area (TPSA) is 182 Å². The lowest BCUT2D eigenvalue weighted by Crippen LogP contribution is -2.62. The summed E-state index contributed by atoms with van der Waals surface area (Å²) < 4.78 is 40.9. The van der Waals surface area contributed by atoms with Crippen molar-refractivity contribution in [3.05, 3.63) is 62.2 Å². The van der Waals surface area contributed by atoms with E-state index in [9.17, 15) is 32.9 Å². The Labute approximate surface area is 204 Å². The summed E-state index contributed by atoms with van der Waals surface area (Å²) in [7, 11) is -4.79. The van der Waals surface area contributed by atoms with E-state index in [0.29, 0.717) is 10.5 Å². The van der Waals surface area contributed by atoms with Gasteiger partial charge in [0.25, 0.3) is 5.69 Å². The molecule has 0 radical (unpaired) electrons. The standard InChI is InChI=1S/C20H21N3O10S2/c1-11(33-35(29,30)31)17-15-9-16(34-8-7-21-12(2)24)18(22(15)19(17)25)20(26)32-10-13-3-5-14(6-4-13)23(27)28/h3-8,11,15,17H,9-10H2,1-2H3,(H,21,24)(H,29,30,31)/b8-7+/t11-,15+,17-/m0/s1. The molecule has 0 saturated carbocycles. The largest absolute Gasteiger partial charge is 0.456 e. The smallest absolute Gasteiger partial charge is 0.397 e. The van der Waals surface area contributed by atoms with Crippen LogP contribution in [0.4, 0.5) is 5.69 Å². The SMILES string of the molecule is CC(=O)N/C=C/SC1=C(C(=O)OCc2ccc([N+](=O)[O-])cc2)N2C(=O)[C@@H]([C@H](C)OS(=O)(=O)O)[C@H]2C1. The Morgan fingerprint density at radius 2 is 2.03 bits per heavy atom. The first kappa shape index (κ1) is 26.3. The number of nitro benzene ring substituents is 1. The number of non-ortho nitro benzene ring substituents is 1. The highest BCUT2D eigenvalue weighted by molar-refractivity contribution is 8.05. The number of fused-ring (bicyclic) bond motifs is 1. The number of nitrogens with zero attached hydrogens (tertiary/aromatic N) is 2. The molecule has 3 rings (SSSR count). The molecule has 13 nitrogen and oxygen atoms in total. The minimum Gasteiger partial charge on any atom is -0.456 e. The van der Waals surface area contributed by atoms with Crippen molar-refractivity contribution in [2.75, 3.05) is 0 Å². The normalized spacial score (nSPS) is 20.4. The third-order valence-corrected chi connectivity index (χ3v) is 6.69. The summed E-state index contributed by atoms with van der Waals surface area (Å²) in [6, 6.07) is 4.80. The number of carbonyl (C=O) groups excluding carboxylic acids is 3. The van der Waals surface area contributed by atoms with Crippen molar-refractivity contribution in [1.29, 1.82) is 0 Å². The van der Waals surface area contributed by atoms with E-state index < -0.39 is 45.3 Å². The lowest BCUT2D eigenvalue weighted by Gasteiger charge is -2.45. The average Bonchev–Trinajstić information content (AvgIpc) is 3.08. The minimum atomic E-state index is -4.79. The van der Waals surface area contributed by atoms with Crippen LogP contribution in [0.25, 0.3) is 0 Å². The third-order valence-electron chi connectivity index (χ3n) is 5.22. The van der Waals surface area contributed by atoms with E-state index in [-0.39, 0.29) is 30.3 Å². The second-order valence-electron chi connectivity index (χ2n) is 7.63. The van der Waals surface area contributed by atoms with E-state index >= 15 is 0 Å². The number of ether oxygens (including phenoxy) is 1. The van der Waals surface area contributed by atoms with Gasteiger partial charge in [-0.25, -0.2) is 8.98 Å². The van der Waals surface area contributed by atoms with E-state index in [1.807, 2.05) is 0 Å². The highest BCUT2D eigenvalue weighted by Gasteiger charge is 2.58. The van der Waals surface area contributed by atoms with E-state index in [2.05, 4.69) is 9.50 Å². The van der Waals surface area contributed by atoms with Gasteiger partial charge in [-0.1, -0.05) is 11.8 Å². The molecule has 2 aliphatic rings. The Morgan fingerprint density at radius 1 is 1.37 bits per heavy atom. The molecule has 1 fully saturated rings. The number of hydrogen-bond acceptors (Lipinski definition) is 10. The number of esters is 1. The number of nitrogens with one attached hydrogen (secondary N) is 1. The Morgan fingerprint density at radius 3 is 2.60 bits per heavy atom. The lowest BCUT2D eigenvalue weighted by atomic mass is 9.83. The Hall–Kier alpha value is -3.27. The number of benzene rings is 1. The molecule has 0 spiro atoms. The van der Waals surface area contributed by atoms with Crippen molar-refractivity contribution >= 4 is 45.6 Å². The quantitative estimate of drug-likeness (QED) is 0.148. The Balaban J connectivity index is 1.77. The van der Waals surface area contributed by atoms with Gasteiger partial charge < -0.3 is 15.0 Å². The van der Waals surface area contributed by atoms with Crippen LogP contribution in [-0.2, 0) is 40.3 Å². The van der Waals surface area contributed by atoms with Crippen LogP contribution in [0.2, 0.25) is 0 Å². The van der Waals surface area contributed by atoms with Crippen LogP contribution in [-0.4, -0.2) is 52.7 Å². The molecule has 3 atom stereocenters. The monoisotopic (exact) mass is 527 g/mol. The van der Waals surface area contributed by atoms with Gasteiger partial charge in [0, 0.05) is 36.6 Å². The number of nitro groups is 1. The van der Waals surface area contributed by atoms with Gasteiger partial charge in [-0.05, 0) is 30.0 Å². The van der Waals surface area contributed by atoms with Crippen molar-refractivity contribution < 1.29 is 41.2 Å². The fourth-order valence-electron chi connectivity index (χ4n) is 3.76. The molecule has 15 heteroatoms. The molecule has 35 heavy (non-hydrogen) atoms. The first-order valence-electron chi connectivity index (χ1n) is 10.1. The van der Waals surface area contributed by atoms with Crippen molar-refractivity contribution in [2.24, 2.45) is 5.92 Å². The summed E-state index contributed by atoms with van der Waals surface area (Å²) in [4.78, 5) is 48.6. The Bertz CT molecular complexity index is 1210. The highest BCUT2D eigenvalue weighted by Crippen LogP contribution is 2.48. The summed E-state index contributed by atoms with van der Waals surface area (Å²) in [6.07, 6.45) is 0.376. The number of β-lactam (4-membered cyclic amide) rings is 1. The highest BCUT2D eigenvalue weighted by atomic mass is 32.3. The summed E-state index contributed by atoms with van der Waals surface area (Å²) in [6.45, 7) is 2.43. The maximum absolute atomic E-state index is 12.9. The molecule has 2 amide bonds. The van der Waals surface area contributed by atoms with Crippen molar-refractivity contribution in [3.8, 4) is 0 Å². The zero-order valence-electron chi connectivity index (χ0n) is 18.4. The van der Waals surface area contributed by atoms with E-state index in [1.165, 1.54) is 54.6 Å². The second-order valence-corrected chi connectivity index (χ2v) is 9.68. The molecule has 1 saturated heterocycles. The summed E-state index contributed by atoms with van der Waals surface area (Å²) in [5.41, 5.74) is 0.334. The lowest BCUT2D eigenvalue weighted by molar-refractivity contribution is -0.384. The number of amides is 2. The maximum atomic E-state index is 12.9.